The molecule has 5 aromatic rings. The summed E-state index contributed by atoms with van der Waals surface area (Å²) in [4.78, 5) is 22.2. The molecule has 1 aromatic heterocycles. The fourth-order valence-corrected chi connectivity index (χ4v) is 6.78. The Kier molecular flexibility index (Phi) is 10.6. The van der Waals surface area contributed by atoms with E-state index in [1.54, 1.807) is 6.08 Å². The minimum Gasteiger partial charge on any atom is -0.871 e. The van der Waals surface area contributed by atoms with Crippen molar-refractivity contribution in [1.82, 2.24) is 0 Å². The Balaban J connectivity index is 1.30. The van der Waals surface area contributed by atoms with Gasteiger partial charge in [0.05, 0.1) is 23.3 Å². The molecular formula is C49H48N4O4. The normalized spacial score (nSPS) is 14.4. The predicted octanol–water partition coefficient (Wildman–Crippen LogP) is 9.17. The van der Waals surface area contributed by atoms with Crippen LogP contribution in [0, 0.1) is 0 Å². The van der Waals surface area contributed by atoms with Crippen LogP contribution in [0.3, 0.4) is 0 Å². The van der Waals surface area contributed by atoms with Crippen LogP contribution in [0.4, 0.5) is 22.7 Å². The molecule has 0 amide bonds. The van der Waals surface area contributed by atoms with E-state index in [9.17, 15) is 9.90 Å². The van der Waals surface area contributed by atoms with Crippen molar-refractivity contribution in [1.29, 1.82) is 0 Å². The second kappa shape index (κ2) is 15.7. The van der Waals surface area contributed by atoms with Crippen LogP contribution in [-0.4, -0.2) is 62.2 Å². The number of ketones is 1. The van der Waals surface area contributed by atoms with Crippen LogP contribution in [0.25, 0.3) is 40.2 Å². The van der Waals surface area contributed by atoms with Gasteiger partial charge in [-0.15, -0.1) is 0 Å². The quantitative estimate of drug-likeness (QED) is 0.103. The van der Waals surface area contributed by atoms with E-state index in [1.807, 2.05) is 204 Å². The van der Waals surface area contributed by atoms with Crippen molar-refractivity contribution >= 4 is 46.1 Å². The smallest absolute Gasteiger partial charge is 0.361 e. The fourth-order valence-electron chi connectivity index (χ4n) is 6.78. The van der Waals surface area contributed by atoms with Crippen LogP contribution in [0.2, 0.25) is 0 Å². The standard InChI is InChI=1S/C49H48N4O4/c1-31(37-29-45(35-14-22-40(23-15-35)52(6)7)57-46(30-37)36-16-24-41(25-17-36)53(8)9)47-48(54)42(49(47)55)26-32-27-43(33-10-18-38(19-11-33)50(2)3)56-44(28-32)34-12-20-39(21-13-34)51(4)5/h10-30H,1-9H3. The molecule has 8 nitrogen and oxygen atoms in total. The van der Waals surface area contributed by atoms with Gasteiger partial charge in [-0.25, -0.2) is 4.42 Å². The summed E-state index contributed by atoms with van der Waals surface area (Å²) in [6.45, 7) is 1.83. The third kappa shape index (κ3) is 7.98. The number of benzene rings is 4. The zero-order chi connectivity index (χ0) is 40.5. The van der Waals surface area contributed by atoms with E-state index in [1.165, 1.54) is 0 Å². The minimum atomic E-state index is -0.290. The molecule has 1 aliphatic heterocycles. The first-order chi connectivity index (χ1) is 27.3. The Morgan fingerprint density at radius 1 is 0.561 bits per heavy atom. The summed E-state index contributed by atoms with van der Waals surface area (Å²) in [6, 6.07) is 36.1. The molecule has 7 rings (SSSR count). The summed E-state index contributed by atoms with van der Waals surface area (Å²) in [7, 11) is 16.0. The Hall–Kier alpha value is -6.80. The van der Waals surface area contributed by atoms with Crippen molar-refractivity contribution in [2.45, 2.75) is 6.92 Å². The van der Waals surface area contributed by atoms with Crippen LogP contribution in [0.5, 0.6) is 0 Å². The summed E-state index contributed by atoms with van der Waals surface area (Å²) < 4.78 is 13.0. The maximum Gasteiger partial charge on any atom is 0.361 e. The summed E-state index contributed by atoms with van der Waals surface area (Å²) in [5, 5.41) is 14.0. The SMILES string of the molecule is CC(=C1C=C(c2ccc(N(C)C)cc2)OC(c2ccc(N(C)C)cc2)=C1)C1=C([O-])C(=Cc2cc(-c3ccc(N(C)C)cc3)[o+]c(-c3ccc(N(C)C)cc3)c2)C1=O. The summed E-state index contributed by atoms with van der Waals surface area (Å²) >= 11 is 0. The van der Waals surface area contributed by atoms with Gasteiger partial charge in [-0.1, -0.05) is 5.76 Å². The Bertz CT molecular complexity index is 2340. The number of allylic oxidation sites excluding steroid dienone is 6. The van der Waals surface area contributed by atoms with Gasteiger partial charge in [0.2, 0.25) is 0 Å². The third-order valence-corrected chi connectivity index (χ3v) is 10.3. The maximum atomic E-state index is 14.0. The molecule has 2 heterocycles. The molecule has 0 saturated carbocycles. The van der Waals surface area contributed by atoms with E-state index in [2.05, 4.69) is 0 Å². The highest BCUT2D eigenvalue weighted by molar-refractivity contribution is 6.24. The first-order valence-electron chi connectivity index (χ1n) is 18.9. The van der Waals surface area contributed by atoms with E-state index in [0.717, 1.165) is 50.6 Å². The van der Waals surface area contributed by atoms with Gasteiger partial charge >= 0.3 is 11.5 Å². The van der Waals surface area contributed by atoms with Crippen molar-refractivity contribution in [2.24, 2.45) is 0 Å². The molecule has 4 aromatic carbocycles. The highest BCUT2D eigenvalue weighted by Crippen LogP contribution is 2.40. The number of carbonyl (C=O) groups excluding carboxylic acids is 1. The number of ether oxygens (including phenoxy) is 1. The molecular weight excluding hydrogens is 709 g/mol. The molecule has 0 atom stereocenters. The first kappa shape index (κ1) is 38.5. The number of Topliss-reactive ketones (excluding diaryl/α,β-unsaturated/α-hetero) is 1. The average molecular weight is 757 g/mol. The molecule has 57 heavy (non-hydrogen) atoms. The zero-order valence-corrected chi connectivity index (χ0v) is 34.0. The van der Waals surface area contributed by atoms with Crippen molar-refractivity contribution in [2.75, 3.05) is 76.0 Å². The van der Waals surface area contributed by atoms with Crippen molar-refractivity contribution in [3.05, 3.63) is 166 Å². The van der Waals surface area contributed by atoms with E-state index in [4.69, 9.17) is 9.15 Å². The maximum absolute atomic E-state index is 14.0. The number of carbonyl (C=O) groups is 1. The highest BCUT2D eigenvalue weighted by Gasteiger charge is 2.31. The van der Waals surface area contributed by atoms with Gasteiger partial charge in [0, 0.05) is 101 Å². The molecule has 2 aliphatic rings. The van der Waals surface area contributed by atoms with Crippen molar-refractivity contribution in [3.8, 4) is 22.6 Å². The van der Waals surface area contributed by atoms with Gasteiger partial charge in [0.1, 0.15) is 11.5 Å². The summed E-state index contributed by atoms with van der Waals surface area (Å²) in [5.74, 6) is 1.92. The van der Waals surface area contributed by atoms with Crippen LogP contribution < -0.4 is 24.7 Å². The zero-order valence-electron chi connectivity index (χ0n) is 34.0. The largest absolute Gasteiger partial charge is 0.871 e. The van der Waals surface area contributed by atoms with Crippen molar-refractivity contribution in [3.63, 3.8) is 0 Å². The molecule has 0 unspecified atom stereocenters. The van der Waals surface area contributed by atoms with Gasteiger partial charge < -0.3 is 29.4 Å². The lowest BCUT2D eigenvalue weighted by Crippen LogP contribution is -2.30. The van der Waals surface area contributed by atoms with Crippen molar-refractivity contribution < 1.29 is 19.1 Å². The molecule has 0 spiro atoms. The number of nitrogens with zero attached hydrogens (tertiary/aromatic N) is 4. The topological polar surface area (TPSA) is 73.6 Å². The van der Waals surface area contributed by atoms with Crippen LogP contribution in [0.15, 0.2) is 154 Å². The lowest BCUT2D eigenvalue weighted by Gasteiger charge is -2.32. The highest BCUT2D eigenvalue weighted by atomic mass is 16.5. The van der Waals surface area contributed by atoms with Gasteiger partial charge in [-0.05, 0) is 139 Å². The first-order valence-corrected chi connectivity index (χ1v) is 18.9. The molecule has 288 valence electrons. The fraction of sp³-hybridized carbons (Fsp3) is 0.184. The van der Waals surface area contributed by atoms with Crippen LogP contribution >= 0.6 is 0 Å². The number of hydrogen-bond acceptors (Lipinski definition) is 7. The monoisotopic (exact) mass is 756 g/mol. The van der Waals surface area contributed by atoms with Gasteiger partial charge in [0.25, 0.3) is 0 Å². The Morgan fingerprint density at radius 3 is 1.25 bits per heavy atom. The Labute approximate surface area is 335 Å². The molecule has 1 aliphatic carbocycles. The van der Waals surface area contributed by atoms with E-state index in [0.29, 0.717) is 34.2 Å². The molecule has 0 fully saturated rings. The lowest BCUT2D eigenvalue weighted by atomic mass is 9.80. The number of anilines is 4. The molecule has 0 radical (unpaired) electrons. The Morgan fingerprint density at radius 2 is 0.912 bits per heavy atom. The second-order valence-corrected chi connectivity index (χ2v) is 15.2. The predicted molar refractivity (Wildman–Crippen MR) is 234 cm³/mol. The lowest BCUT2D eigenvalue weighted by molar-refractivity contribution is -0.300. The average Bonchev–Trinajstić information content (AvgIpc) is 3.22. The minimum absolute atomic E-state index is 0.137. The summed E-state index contributed by atoms with van der Waals surface area (Å²) in [6.07, 6.45) is 5.50. The summed E-state index contributed by atoms with van der Waals surface area (Å²) in [5.41, 5.74) is 10.1. The van der Waals surface area contributed by atoms with Gasteiger partial charge in [-0.2, -0.15) is 0 Å². The van der Waals surface area contributed by atoms with Gasteiger partial charge in [0.15, 0.2) is 5.78 Å². The van der Waals surface area contributed by atoms with Gasteiger partial charge in [-0.3, -0.25) is 4.79 Å². The number of rotatable bonds is 10. The van der Waals surface area contributed by atoms with E-state index >= 15 is 0 Å². The molecule has 0 saturated heterocycles. The number of hydrogen-bond donors (Lipinski definition) is 0. The second-order valence-electron chi connectivity index (χ2n) is 15.2. The molecule has 0 bridgehead atoms. The van der Waals surface area contributed by atoms with Crippen LogP contribution in [-0.2, 0) is 9.53 Å². The molecule has 8 heteroatoms. The molecule has 0 N–H and O–H groups in total. The van der Waals surface area contributed by atoms with E-state index < -0.39 is 0 Å². The third-order valence-electron chi connectivity index (χ3n) is 10.3. The van der Waals surface area contributed by atoms with E-state index in [-0.39, 0.29) is 22.7 Å². The van der Waals surface area contributed by atoms with Crippen LogP contribution in [0.1, 0.15) is 23.6 Å².